The Bertz CT molecular complexity index is 1000. The van der Waals surface area contributed by atoms with Crippen molar-refractivity contribution < 1.29 is 23.9 Å². The molecule has 0 bridgehead atoms. The average Bonchev–Trinajstić information content (AvgIpc) is 3.01. The quantitative estimate of drug-likeness (QED) is 0.578. The van der Waals surface area contributed by atoms with E-state index in [9.17, 15) is 14.4 Å². The van der Waals surface area contributed by atoms with Gasteiger partial charge in [0.1, 0.15) is 0 Å². The van der Waals surface area contributed by atoms with Crippen molar-refractivity contribution in [2.45, 2.75) is 26.2 Å². The molecule has 164 valence electrons. The maximum atomic E-state index is 12.5. The summed E-state index contributed by atoms with van der Waals surface area (Å²) >= 11 is 0. The van der Waals surface area contributed by atoms with Crippen molar-refractivity contribution >= 4 is 17.7 Å². The fourth-order valence-corrected chi connectivity index (χ4v) is 3.64. The van der Waals surface area contributed by atoms with E-state index >= 15 is 0 Å². The van der Waals surface area contributed by atoms with Gasteiger partial charge in [0.2, 0.25) is 5.91 Å². The van der Waals surface area contributed by atoms with E-state index < -0.39 is 0 Å². The van der Waals surface area contributed by atoms with Crippen molar-refractivity contribution in [1.29, 1.82) is 0 Å². The Balaban J connectivity index is 1.48. The number of methoxy groups -OCH3 is 2. The minimum Gasteiger partial charge on any atom is -0.493 e. The predicted octanol–water partition coefficient (Wildman–Crippen LogP) is 3.09. The summed E-state index contributed by atoms with van der Waals surface area (Å²) in [6, 6.07) is 11.0. The van der Waals surface area contributed by atoms with Gasteiger partial charge in [-0.15, -0.1) is 0 Å². The number of fused-ring (bicyclic) bond motifs is 1. The van der Waals surface area contributed by atoms with Crippen LogP contribution in [0.15, 0.2) is 36.4 Å². The van der Waals surface area contributed by atoms with Crippen molar-refractivity contribution in [1.82, 2.24) is 9.80 Å². The maximum Gasteiger partial charge on any atom is 0.261 e. The van der Waals surface area contributed by atoms with Crippen LogP contribution in [-0.4, -0.2) is 61.9 Å². The molecule has 0 N–H and O–H groups in total. The Labute approximate surface area is 182 Å². The number of carbonyl (C=O) groups is 3. The zero-order valence-corrected chi connectivity index (χ0v) is 18.4. The molecule has 7 nitrogen and oxygen atoms in total. The van der Waals surface area contributed by atoms with Gasteiger partial charge >= 0.3 is 0 Å². The number of ether oxygens (including phenoxy) is 2. The molecule has 1 aliphatic rings. The van der Waals surface area contributed by atoms with Gasteiger partial charge in [-0.05, 0) is 49.6 Å². The first kappa shape index (κ1) is 22.3. The van der Waals surface area contributed by atoms with Crippen LogP contribution in [0.5, 0.6) is 11.5 Å². The number of rotatable bonds is 9. The minimum absolute atomic E-state index is 0.0204. The average molecular weight is 424 g/mol. The van der Waals surface area contributed by atoms with Crippen LogP contribution in [0, 0.1) is 6.92 Å². The molecule has 3 amide bonds. The molecule has 7 heteroatoms. The second kappa shape index (κ2) is 9.64. The number of amides is 3. The maximum absolute atomic E-state index is 12.5. The summed E-state index contributed by atoms with van der Waals surface area (Å²) < 4.78 is 10.6. The number of aryl methyl sites for hydroxylation is 1. The fourth-order valence-electron chi connectivity index (χ4n) is 3.64. The third kappa shape index (κ3) is 4.87. The molecule has 0 saturated heterocycles. The molecular formula is C24H28N2O5. The molecule has 0 aromatic heterocycles. The molecule has 0 fully saturated rings. The molecule has 0 aliphatic carbocycles. The Hall–Kier alpha value is -3.35. The Morgan fingerprint density at radius 1 is 0.968 bits per heavy atom. The molecular weight excluding hydrogens is 396 g/mol. The molecule has 1 heterocycles. The van der Waals surface area contributed by atoms with Crippen molar-refractivity contribution in [2.75, 3.05) is 34.4 Å². The van der Waals surface area contributed by atoms with E-state index in [0.29, 0.717) is 42.0 Å². The van der Waals surface area contributed by atoms with Crippen molar-refractivity contribution in [3.63, 3.8) is 0 Å². The Morgan fingerprint density at radius 3 is 2.39 bits per heavy atom. The highest BCUT2D eigenvalue weighted by Crippen LogP contribution is 2.28. The summed E-state index contributed by atoms with van der Waals surface area (Å²) in [6.45, 7) is 2.68. The van der Waals surface area contributed by atoms with Gasteiger partial charge in [-0.25, -0.2) is 0 Å². The normalized spacial score (nSPS) is 12.7. The lowest BCUT2D eigenvalue weighted by Gasteiger charge is -2.19. The third-order valence-electron chi connectivity index (χ3n) is 5.51. The van der Waals surface area contributed by atoms with Crippen molar-refractivity contribution in [3.05, 3.63) is 58.7 Å². The molecule has 0 spiro atoms. The van der Waals surface area contributed by atoms with E-state index in [1.807, 2.05) is 31.2 Å². The van der Waals surface area contributed by atoms with E-state index in [4.69, 9.17) is 9.47 Å². The van der Waals surface area contributed by atoms with Gasteiger partial charge in [0, 0.05) is 26.6 Å². The molecule has 1 aliphatic heterocycles. The molecule has 3 rings (SSSR count). The van der Waals surface area contributed by atoms with Crippen LogP contribution in [0.3, 0.4) is 0 Å². The van der Waals surface area contributed by atoms with Crippen LogP contribution >= 0.6 is 0 Å². The molecule has 0 atom stereocenters. The van der Waals surface area contributed by atoms with Gasteiger partial charge in [-0.1, -0.05) is 17.7 Å². The van der Waals surface area contributed by atoms with E-state index in [-0.39, 0.29) is 30.7 Å². The zero-order valence-electron chi connectivity index (χ0n) is 18.4. The first-order valence-corrected chi connectivity index (χ1v) is 10.3. The molecule has 2 aromatic rings. The van der Waals surface area contributed by atoms with E-state index in [2.05, 4.69) is 0 Å². The van der Waals surface area contributed by atoms with Gasteiger partial charge in [0.05, 0.1) is 25.3 Å². The smallest absolute Gasteiger partial charge is 0.261 e. The summed E-state index contributed by atoms with van der Waals surface area (Å²) in [5, 5.41) is 0. The van der Waals surface area contributed by atoms with Crippen LogP contribution in [0.1, 0.15) is 44.7 Å². The van der Waals surface area contributed by atoms with Gasteiger partial charge in [0.25, 0.3) is 11.8 Å². The first-order valence-electron chi connectivity index (χ1n) is 10.3. The van der Waals surface area contributed by atoms with Crippen LogP contribution in [-0.2, 0) is 11.2 Å². The monoisotopic (exact) mass is 424 g/mol. The summed E-state index contributed by atoms with van der Waals surface area (Å²) in [5.74, 6) is 0.740. The summed E-state index contributed by atoms with van der Waals surface area (Å²) in [4.78, 5) is 40.4. The van der Waals surface area contributed by atoms with Gasteiger partial charge in [-0.3, -0.25) is 19.3 Å². The van der Waals surface area contributed by atoms with E-state index in [1.54, 1.807) is 38.3 Å². The summed E-state index contributed by atoms with van der Waals surface area (Å²) in [6.07, 6.45) is 1.39. The molecule has 31 heavy (non-hydrogen) atoms. The predicted molar refractivity (Wildman–Crippen MR) is 117 cm³/mol. The molecule has 0 radical (unpaired) electrons. The van der Waals surface area contributed by atoms with Gasteiger partial charge in [0.15, 0.2) is 11.5 Å². The highest BCUT2D eigenvalue weighted by molar-refractivity contribution is 6.21. The lowest BCUT2D eigenvalue weighted by Crippen LogP contribution is -2.33. The topological polar surface area (TPSA) is 76.2 Å². The van der Waals surface area contributed by atoms with Crippen LogP contribution < -0.4 is 9.47 Å². The number of benzene rings is 2. The molecule has 0 saturated carbocycles. The molecule has 0 unspecified atom stereocenters. The van der Waals surface area contributed by atoms with E-state index in [1.165, 1.54) is 4.90 Å². The number of likely N-dealkylation sites (N-methyl/N-ethyl adjacent to an activating group) is 1. The minimum atomic E-state index is -0.283. The second-order valence-corrected chi connectivity index (χ2v) is 7.67. The van der Waals surface area contributed by atoms with E-state index in [0.717, 1.165) is 11.1 Å². The van der Waals surface area contributed by atoms with Crippen LogP contribution in [0.25, 0.3) is 0 Å². The number of imide groups is 1. The third-order valence-corrected chi connectivity index (χ3v) is 5.51. The fraction of sp³-hybridized carbons (Fsp3) is 0.375. The van der Waals surface area contributed by atoms with Gasteiger partial charge < -0.3 is 14.4 Å². The highest BCUT2D eigenvalue weighted by Gasteiger charge is 2.35. The number of hydrogen-bond acceptors (Lipinski definition) is 5. The standard InChI is InChI=1S/C24H28N2O5/c1-16-7-9-18-19(14-16)24(29)26(23(18)28)12-5-6-22(27)25(2)13-11-17-8-10-20(30-3)21(15-17)31-4/h7-10,14-15H,5-6,11-13H2,1-4H3. The summed E-state index contributed by atoms with van der Waals surface area (Å²) in [5.41, 5.74) is 2.86. The number of nitrogens with zero attached hydrogens (tertiary/aromatic N) is 2. The zero-order chi connectivity index (χ0) is 22.5. The Morgan fingerprint density at radius 2 is 1.68 bits per heavy atom. The van der Waals surface area contributed by atoms with Crippen LogP contribution in [0.2, 0.25) is 0 Å². The SMILES string of the molecule is COc1ccc(CCN(C)C(=O)CCCN2C(=O)c3ccc(C)cc3C2=O)cc1OC. The van der Waals surface area contributed by atoms with Gasteiger partial charge in [-0.2, -0.15) is 0 Å². The Kier molecular flexibility index (Phi) is 6.95. The first-order chi connectivity index (χ1) is 14.8. The molecule has 2 aromatic carbocycles. The largest absolute Gasteiger partial charge is 0.493 e. The van der Waals surface area contributed by atoms with Crippen molar-refractivity contribution in [3.8, 4) is 11.5 Å². The summed E-state index contributed by atoms with van der Waals surface area (Å²) in [7, 11) is 4.94. The lowest BCUT2D eigenvalue weighted by molar-refractivity contribution is -0.130. The van der Waals surface area contributed by atoms with Crippen LogP contribution in [0.4, 0.5) is 0 Å². The number of hydrogen-bond donors (Lipinski definition) is 0. The van der Waals surface area contributed by atoms with Crippen molar-refractivity contribution in [2.24, 2.45) is 0 Å². The second-order valence-electron chi connectivity index (χ2n) is 7.67. The number of carbonyl (C=O) groups excluding carboxylic acids is 3. The highest BCUT2D eigenvalue weighted by atomic mass is 16.5. The lowest BCUT2D eigenvalue weighted by atomic mass is 10.1.